The molecule has 3 rings (SSSR count). The van der Waals surface area contributed by atoms with Crippen molar-refractivity contribution in [2.45, 2.75) is 0 Å². The van der Waals surface area contributed by atoms with Crippen LogP contribution in [0.3, 0.4) is 0 Å². The van der Waals surface area contributed by atoms with Crippen LogP contribution in [-0.4, -0.2) is 48.0 Å². The van der Waals surface area contributed by atoms with Crippen LogP contribution in [0.2, 0.25) is 0 Å². The normalized spacial score (nSPS) is 11.0. The quantitative estimate of drug-likeness (QED) is 0.785. The van der Waals surface area contributed by atoms with Gasteiger partial charge in [0, 0.05) is 36.4 Å². The minimum absolute atomic E-state index is 0.0955. The minimum atomic E-state index is -0.0955. The van der Waals surface area contributed by atoms with Crippen molar-refractivity contribution in [2.24, 2.45) is 0 Å². The van der Waals surface area contributed by atoms with Gasteiger partial charge in [-0.05, 0) is 38.4 Å². The number of nitrogens with one attached hydrogen (secondary N) is 1. The summed E-state index contributed by atoms with van der Waals surface area (Å²) in [5.74, 6) is -0.0955. The molecule has 1 N–H and O–H groups in total. The molecule has 122 valence electrons. The second-order valence-corrected chi connectivity index (χ2v) is 5.87. The van der Waals surface area contributed by atoms with Crippen LogP contribution in [-0.2, 0) is 0 Å². The number of pyridine rings is 2. The van der Waals surface area contributed by atoms with Gasteiger partial charge < -0.3 is 10.2 Å². The molecule has 5 nitrogen and oxygen atoms in total. The van der Waals surface area contributed by atoms with Crippen molar-refractivity contribution in [3.8, 4) is 11.3 Å². The molecule has 2 aromatic heterocycles. The third-order valence-corrected chi connectivity index (χ3v) is 3.79. The van der Waals surface area contributed by atoms with Crippen molar-refractivity contribution in [1.29, 1.82) is 0 Å². The van der Waals surface area contributed by atoms with E-state index in [2.05, 4.69) is 10.3 Å². The largest absolute Gasteiger partial charge is 0.351 e. The van der Waals surface area contributed by atoms with E-state index in [1.807, 2.05) is 61.5 Å². The van der Waals surface area contributed by atoms with E-state index in [0.29, 0.717) is 17.6 Å². The molecular formula is C19H20N4O. The monoisotopic (exact) mass is 319 g/mol. The molecule has 3 aromatic rings. The molecule has 0 atom stereocenters. The molecule has 2 heterocycles. The van der Waals surface area contributed by atoms with Crippen molar-refractivity contribution < 1.29 is 4.79 Å². The molecule has 0 unspecified atom stereocenters. The Balaban J connectivity index is 1.94. The van der Waals surface area contributed by atoms with Gasteiger partial charge in [0.1, 0.15) is 0 Å². The summed E-state index contributed by atoms with van der Waals surface area (Å²) >= 11 is 0. The van der Waals surface area contributed by atoms with Crippen LogP contribution in [0.25, 0.3) is 22.2 Å². The molecule has 24 heavy (non-hydrogen) atoms. The second-order valence-electron chi connectivity index (χ2n) is 5.87. The fourth-order valence-electron chi connectivity index (χ4n) is 2.50. The zero-order valence-corrected chi connectivity index (χ0v) is 13.9. The van der Waals surface area contributed by atoms with Crippen LogP contribution >= 0.6 is 0 Å². The van der Waals surface area contributed by atoms with Crippen LogP contribution in [0.5, 0.6) is 0 Å². The number of amides is 1. The Kier molecular flexibility index (Phi) is 4.82. The van der Waals surface area contributed by atoms with E-state index >= 15 is 0 Å². The van der Waals surface area contributed by atoms with Gasteiger partial charge in [0.05, 0.1) is 16.8 Å². The first-order valence-electron chi connectivity index (χ1n) is 7.88. The van der Waals surface area contributed by atoms with Gasteiger partial charge >= 0.3 is 0 Å². The number of likely N-dealkylation sites (N-methyl/N-ethyl adjacent to an activating group) is 1. The summed E-state index contributed by atoms with van der Waals surface area (Å²) < 4.78 is 0. The first-order chi connectivity index (χ1) is 11.6. The highest BCUT2D eigenvalue weighted by atomic mass is 16.1. The SMILES string of the molecule is CN([11CH3])CCNC(=O)c1cccc2ccc(-c3ccncc3)nc12. The van der Waals surface area contributed by atoms with Gasteiger partial charge in [-0.3, -0.25) is 9.78 Å². The van der Waals surface area contributed by atoms with E-state index in [0.717, 1.165) is 23.2 Å². The molecule has 0 bridgehead atoms. The Morgan fingerprint density at radius 3 is 2.62 bits per heavy atom. The van der Waals surface area contributed by atoms with Crippen molar-refractivity contribution >= 4 is 16.8 Å². The highest BCUT2D eigenvalue weighted by Crippen LogP contribution is 2.22. The Morgan fingerprint density at radius 1 is 1.08 bits per heavy atom. The number of para-hydroxylation sites is 1. The van der Waals surface area contributed by atoms with Gasteiger partial charge in [-0.25, -0.2) is 4.98 Å². The maximum Gasteiger partial charge on any atom is 0.253 e. The lowest BCUT2D eigenvalue weighted by molar-refractivity contribution is 0.0952. The highest BCUT2D eigenvalue weighted by molar-refractivity contribution is 6.05. The van der Waals surface area contributed by atoms with Gasteiger partial charge in [0.2, 0.25) is 0 Å². The number of hydrogen-bond acceptors (Lipinski definition) is 4. The van der Waals surface area contributed by atoms with E-state index in [1.165, 1.54) is 0 Å². The van der Waals surface area contributed by atoms with Crippen LogP contribution < -0.4 is 5.32 Å². The van der Waals surface area contributed by atoms with E-state index in [-0.39, 0.29) is 5.91 Å². The van der Waals surface area contributed by atoms with E-state index < -0.39 is 0 Å². The van der Waals surface area contributed by atoms with Gasteiger partial charge in [0.25, 0.3) is 5.91 Å². The number of benzene rings is 1. The molecule has 0 aliphatic heterocycles. The van der Waals surface area contributed by atoms with E-state index in [1.54, 1.807) is 12.4 Å². The topological polar surface area (TPSA) is 58.1 Å². The lowest BCUT2D eigenvalue weighted by Gasteiger charge is -2.12. The third-order valence-electron chi connectivity index (χ3n) is 3.79. The van der Waals surface area contributed by atoms with Crippen molar-refractivity contribution in [1.82, 2.24) is 20.2 Å². The molecule has 1 amide bonds. The Labute approximate surface area is 141 Å². The van der Waals surface area contributed by atoms with Gasteiger partial charge in [-0.1, -0.05) is 18.2 Å². The van der Waals surface area contributed by atoms with Gasteiger partial charge in [-0.15, -0.1) is 0 Å². The fraction of sp³-hybridized carbons (Fsp3) is 0.211. The zero-order chi connectivity index (χ0) is 16.9. The van der Waals surface area contributed by atoms with Crippen molar-refractivity contribution in [3.63, 3.8) is 0 Å². The molecule has 5 heteroatoms. The maximum absolute atomic E-state index is 12.5. The summed E-state index contributed by atoms with van der Waals surface area (Å²) in [7, 11) is 3.96. The highest BCUT2D eigenvalue weighted by Gasteiger charge is 2.12. The summed E-state index contributed by atoms with van der Waals surface area (Å²) in [5, 5.41) is 3.90. The number of carbonyl (C=O) groups is 1. The van der Waals surface area contributed by atoms with E-state index in [4.69, 9.17) is 4.98 Å². The number of rotatable bonds is 5. The predicted octanol–water partition coefficient (Wildman–Crippen LogP) is 2.59. The second kappa shape index (κ2) is 7.19. The first-order valence-corrected chi connectivity index (χ1v) is 7.88. The predicted molar refractivity (Wildman–Crippen MR) is 95.9 cm³/mol. The van der Waals surface area contributed by atoms with Crippen molar-refractivity contribution in [3.05, 3.63) is 60.4 Å². The number of aromatic nitrogens is 2. The zero-order valence-electron chi connectivity index (χ0n) is 13.9. The molecule has 0 spiro atoms. The smallest absolute Gasteiger partial charge is 0.253 e. The molecule has 0 fully saturated rings. The van der Waals surface area contributed by atoms with Crippen LogP contribution in [0.4, 0.5) is 0 Å². The van der Waals surface area contributed by atoms with E-state index in [9.17, 15) is 4.79 Å². The number of fused-ring (bicyclic) bond motifs is 1. The number of carbonyl (C=O) groups excluding carboxylic acids is 1. The average Bonchev–Trinajstić information content (AvgIpc) is 2.61. The van der Waals surface area contributed by atoms with Gasteiger partial charge in [-0.2, -0.15) is 0 Å². The van der Waals surface area contributed by atoms with Crippen LogP contribution in [0.1, 0.15) is 10.4 Å². The molecule has 0 aliphatic rings. The van der Waals surface area contributed by atoms with Crippen LogP contribution in [0.15, 0.2) is 54.9 Å². The standard InChI is InChI=1S/C19H20N4O/c1-23(2)13-12-21-19(24)16-5-3-4-15-6-7-17(22-18(15)16)14-8-10-20-11-9-14/h3-11H,12-13H2,1-2H3,(H,21,24)/i1-1. The fourth-order valence-corrected chi connectivity index (χ4v) is 2.50. The van der Waals surface area contributed by atoms with Crippen molar-refractivity contribution in [2.75, 3.05) is 27.2 Å². The summed E-state index contributed by atoms with van der Waals surface area (Å²) in [6.07, 6.45) is 3.47. The Hall–Kier alpha value is -2.79. The summed E-state index contributed by atoms with van der Waals surface area (Å²) in [6, 6.07) is 13.4. The molecule has 0 saturated heterocycles. The summed E-state index contributed by atoms with van der Waals surface area (Å²) in [6.45, 7) is 1.40. The third kappa shape index (κ3) is 3.58. The minimum Gasteiger partial charge on any atom is -0.351 e. The maximum atomic E-state index is 12.5. The first kappa shape index (κ1) is 16.1. The lowest BCUT2D eigenvalue weighted by Crippen LogP contribution is -2.31. The van der Waals surface area contributed by atoms with Crippen LogP contribution in [0, 0.1) is 0 Å². The molecule has 0 saturated carbocycles. The Bertz CT molecular complexity index is 846. The van der Waals surface area contributed by atoms with Gasteiger partial charge in [0.15, 0.2) is 0 Å². The molecular weight excluding hydrogens is 299 g/mol. The summed E-state index contributed by atoms with van der Waals surface area (Å²) in [4.78, 5) is 23.3. The average molecular weight is 319 g/mol. The number of hydrogen-bond donors (Lipinski definition) is 1. The molecule has 0 radical (unpaired) electrons. The number of nitrogens with zero attached hydrogens (tertiary/aromatic N) is 3. The Morgan fingerprint density at radius 2 is 1.88 bits per heavy atom. The lowest BCUT2D eigenvalue weighted by atomic mass is 10.1. The molecule has 1 aromatic carbocycles. The molecule has 0 aliphatic carbocycles. The summed E-state index contributed by atoms with van der Waals surface area (Å²) in [5.41, 5.74) is 3.13.